The molecule has 2 aliphatic rings. The highest BCUT2D eigenvalue weighted by atomic mass is 32.1. The average molecular weight is 262 g/mol. The summed E-state index contributed by atoms with van der Waals surface area (Å²) in [6.07, 6.45) is 8.54. The van der Waals surface area contributed by atoms with Crippen LogP contribution in [0, 0.1) is 17.8 Å². The first-order valence-electron chi connectivity index (χ1n) is 5.98. The molecule has 4 nitrogen and oxygen atoms in total. The number of anilines is 1. The Morgan fingerprint density at radius 1 is 1.50 bits per heavy atom. The van der Waals surface area contributed by atoms with Crippen LogP contribution in [0.15, 0.2) is 23.6 Å². The molecule has 1 saturated carbocycles. The van der Waals surface area contributed by atoms with Crippen LogP contribution in [0.3, 0.4) is 0 Å². The number of carbonyl (C=O) groups is 1. The quantitative estimate of drug-likeness (QED) is 0.648. The van der Waals surface area contributed by atoms with Gasteiger partial charge in [0.05, 0.1) is 11.3 Å². The maximum Gasteiger partial charge on any atom is 0.337 e. The smallest absolute Gasteiger partial charge is 0.337 e. The van der Waals surface area contributed by atoms with Crippen molar-refractivity contribution in [3.63, 3.8) is 0 Å². The maximum absolute atomic E-state index is 11.3. The zero-order chi connectivity index (χ0) is 12.7. The monoisotopic (exact) mass is 262 g/mol. The minimum absolute atomic E-state index is 0.286. The Hall–Kier alpha value is -1.62. The zero-order valence-electron chi connectivity index (χ0n) is 9.74. The Bertz CT molecular complexity index is 547. The van der Waals surface area contributed by atoms with Crippen molar-refractivity contribution in [1.82, 2.24) is 4.98 Å². The number of fused-ring (bicyclic) bond motifs is 2. The standard InChI is InChI=1S/C13H14N2O2S/c14-13-15-11(6-18-13)10(12(16)17)5-9-4-7-1-2-8(9)3-7/h1-2,5-9H,3-4H2,(H2,14,15)(H,16,17). The summed E-state index contributed by atoms with van der Waals surface area (Å²) in [7, 11) is 0. The fraction of sp³-hybridized carbons (Fsp3) is 0.385. The lowest BCUT2D eigenvalue weighted by molar-refractivity contribution is -0.130. The third kappa shape index (κ3) is 1.95. The molecule has 0 aromatic carbocycles. The maximum atomic E-state index is 11.3. The van der Waals surface area contributed by atoms with E-state index in [1.165, 1.54) is 11.3 Å². The van der Waals surface area contributed by atoms with Gasteiger partial charge in [-0.2, -0.15) is 0 Å². The van der Waals surface area contributed by atoms with E-state index in [0.29, 0.717) is 28.6 Å². The van der Waals surface area contributed by atoms with Crippen molar-refractivity contribution in [3.05, 3.63) is 29.3 Å². The van der Waals surface area contributed by atoms with E-state index in [-0.39, 0.29) is 5.57 Å². The highest BCUT2D eigenvalue weighted by Crippen LogP contribution is 2.44. The molecule has 3 atom stereocenters. The van der Waals surface area contributed by atoms with Gasteiger partial charge < -0.3 is 10.8 Å². The van der Waals surface area contributed by atoms with Gasteiger partial charge in [-0.15, -0.1) is 11.3 Å². The van der Waals surface area contributed by atoms with E-state index in [0.717, 1.165) is 12.8 Å². The van der Waals surface area contributed by atoms with Gasteiger partial charge in [0.25, 0.3) is 0 Å². The second-order valence-corrected chi connectivity index (χ2v) is 5.79. The molecule has 0 radical (unpaired) electrons. The van der Waals surface area contributed by atoms with Gasteiger partial charge in [-0.25, -0.2) is 9.78 Å². The van der Waals surface area contributed by atoms with Crippen molar-refractivity contribution < 1.29 is 9.90 Å². The van der Waals surface area contributed by atoms with E-state index in [9.17, 15) is 9.90 Å². The van der Waals surface area contributed by atoms with E-state index in [2.05, 4.69) is 17.1 Å². The van der Waals surface area contributed by atoms with Gasteiger partial charge in [0.2, 0.25) is 0 Å². The minimum Gasteiger partial charge on any atom is -0.478 e. The van der Waals surface area contributed by atoms with Gasteiger partial charge in [-0.3, -0.25) is 0 Å². The summed E-state index contributed by atoms with van der Waals surface area (Å²) in [5, 5.41) is 11.4. The molecule has 5 heteroatoms. The SMILES string of the molecule is Nc1nc(C(=CC2CC3C=CC2C3)C(=O)O)cs1. The van der Waals surface area contributed by atoms with Crippen LogP contribution in [0.4, 0.5) is 5.13 Å². The number of carboxylic acids is 1. The summed E-state index contributed by atoms with van der Waals surface area (Å²) in [6, 6.07) is 0. The minimum atomic E-state index is -0.924. The third-order valence-electron chi connectivity index (χ3n) is 3.74. The number of rotatable bonds is 3. The fourth-order valence-electron chi connectivity index (χ4n) is 2.91. The largest absolute Gasteiger partial charge is 0.478 e. The summed E-state index contributed by atoms with van der Waals surface area (Å²) < 4.78 is 0. The van der Waals surface area contributed by atoms with Crippen LogP contribution < -0.4 is 5.73 Å². The Morgan fingerprint density at radius 3 is 2.83 bits per heavy atom. The zero-order valence-corrected chi connectivity index (χ0v) is 10.6. The van der Waals surface area contributed by atoms with E-state index in [4.69, 9.17) is 5.73 Å². The van der Waals surface area contributed by atoms with Crippen LogP contribution in [0.25, 0.3) is 5.57 Å². The summed E-state index contributed by atoms with van der Waals surface area (Å²) >= 11 is 1.27. The molecule has 0 spiro atoms. The number of carboxylic acid groups (broad SMARTS) is 1. The second kappa shape index (κ2) is 4.24. The molecule has 94 valence electrons. The second-order valence-electron chi connectivity index (χ2n) is 4.90. The van der Waals surface area contributed by atoms with E-state index in [1.54, 1.807) is 5.38 Å². The third-order valence-corrected chi connectivity index (χ3v) is 4.41. The fourth-order valence-corrected chi connectivity index (χ4v) is 3.47. The van der Waals surface area contributed by atoms with Crippen molar-refractivity contribution in [1.29, 1.82) is 0 Å². The molecular formula is C13H14N2O2S. The molecule has 18 heavy (non-hydrogen) atoms. The van der Waals surface area contributed by atoms with E-state index < -0.39 is 5.97 Å². The van der Waals surface area contributed by atoms with Crippen molar-refractivity contribution >= 4 is 28.0 Å². The highest BCUT2D eigenvalue weighted by molar-refractivity contribution is 7.13. The Morgan fingerprint density at radius 2 is 2.33 bits per heavy atom. The van der Waals surface area contributed by atoms with Gasteiger partial charge in [0.15, 0.2) is 5.13 Å². The molecule has 0 aliphatic heterocycles. The van der Waals surface area contributed by atoms with Crippen molar-refractivity contribution in [3.8, 4) is 0 Å². The molecule has 3 N–H and O–H groups in total. The van der Waals surface area contributed by atoms with Gasteiger partial charge in [0.1, 0.15) is 0 Å². The van der Waals surface area contributed by atoms with Crippen molar-refractivity contribution in [2.75, 3.05) is 5.73 Å². The molecule has 2 bridgehead atoms. The van der Waals surface area contributed by atoms with E-state index >= 15 is 0 Å². The van der Waals surface area contributed by atoms with Crippen LogP contribution in [-0.4, -0.2) is 16.1 Å². The number of nitrogens with two attached hydrogens (primary N) is 1. The Balaban J connectivity index is 1.90. The molecule has 1 aromatic heterocycles. The van der Waals surface area contributed by atoms with Gasteiger partial charge >= 0.3 is 5.97 Å². The predicted molar refractivity (Wildman–Crippen MR) is 71.0 cm³/mol. The molecule has 0 amide bonds. The number of nitrogens with zero attached hydrogens (tertiary/aromatic N) is 1. The number of aliphatic carboxylic acids is 1. The van der Waals surface area contributed by atoms with Crippen molar-refractivity contribution in [2.24, 2.45) is 17.8 Å². The lowest BCUT2D eigenvalue weighted by atomic mass is 9.91. The van der Waals surface area contributed by atoms with Crippen LogP contribution in [0.5, 0.6) is 0 Å². The van der Waals surface area contributed by atoms with Crippen LogP contribution >= 0.6 is 11.3 Å². The number of aromatic nitrogens is 1. The summed E-state index contributed by atoms with van der Waals surface area (Å²) in [5.41, 5.74) is 6.33. The molecule has 3 rings (SSSR count). The van der Waals surface area contributed by atoms with Crippen LogP contribution in [0.1, 0.15) is 18.5 Å². The lowest BCUT2D eigenvalue weighted by Crippen LogP contribution is -2.08. The highest BCUT2D eigenvalue weighted by Gasteiger charge is 2.35. The molecule has 3 unspecified atom stereocenters. The average Bonchev–Trinajstić information content (AvgIpc) is 3.01. The number of thiazole rings is 1. The Labute approximate surface area is 109 Å². The van der Waals surface area contributed by atoms with Crippen molar-refractivity contribution in [2.45, 2.75) is 12.8 Å². The predicted octanol–water partition coefficient (Wildman–Crippen LogP) is 2.41. The van der Waals surface area contributed by atoms with Crippen LogP contribution in [-0.2, 0) is 4.79 Å². The number of nitrogen functional groups attached to an aromatic ring is 1. The molecule has 1 aromatic rings. The van der Waals surface area contributed by atoms with Gasteiger partial charge in [0, 0.05) is 5.38 Å². The first kappa shape index (κ1) is 11.5. The van der Waals surface area contributed by atoms with Gasteiger partial charge in [-0.05, 0) is 30.6 Å². The molecule has 0 saturated heterocycles. The van der Waals surface area contributed by atoms with Crippen LogP contribution in [0.2, 0.25) is 0 Å². The topological polar surface area (TPSA) is 76.2 Å². The van der Waals surface area contributed by atoms with E-state index in [1.807, 2.05) is 6.08 Å². The summed E-state index contributed by atoms with van der Waals surface area (Å²) in [5.74, 6) is 0.535. The Kier molecular flexibility index (Phi) is 2.70. The molecule has 1 heterocycles. The number of allylic oxidation sites excluding steroid dienone is 3. The first-order valence-corrected chi connectivity index (χ1v) is 6.86. The first-order chi connectivity index (χ1) is 8.63. The summed E-state index contributed by atoms with van der Waals surface area (Å²) in [4.78, 5) is 15.4. The summed E-state index contributed by atoms with van der Waals surface area (Å²) in [6.45, 7) is 0. The lowest BCUT2D eigenvalue weighted by Gasteiger charge is -2.14. The van der Waals surface area contributed by atoms with Gasteiger partial charge in [-0.1, -0.05) is 18.2 Å². The number of hydrogen-bond donors (Lipinski definition) is 2. The molecule has 1 fully saturated rings. The number of hydrogen-bond acceptors (Lipinski definition) is 4. The molecule has 2 aliphatic carbocycles. The normalized spacial score (nSPS) is 30.0. The molecular weight excluding hydrogens is 248 g/mol.